The van der Waals surface area contributed by atoms with Crippen LogP contribution in [0.25, 0.3) is 11.4 Å². The van der Waals surface area contributed by atoms with Gasteiger partial charge in [-0.25, -0.2) is 9.97 Å². The van der Waals surface area contributed by atoms with Crippen LogP contribution in [0.2, 0.25) is 5.02 Å². The maximum Gasteiger partial charge on any atom is 0.165 e. The molecule has 0 unspecified atom stereocenters. The number of nitrogens with zero attached hydrogens (tertiary/aromatic N) is 2. The first-order valence-corrected chi connectivity index (χ1v) is 7.43. The van der Waals surface area contributed by atoms with Crippen molar-refractivity contribution in [2.75, 3.05) is 19.0 Å². The van der Waals surface area contributed by atoms with Crippen LogP contribution >= 0.6 is 11.6 Å². The topological polar surface area (TPSA) is 47.0 Å². The third-order valence-corrected chi connectivity index (χ3v) is 3.57. The van der Waals surface area contributed by atoms with Crippen molar-refractivity contribution in [1.82, 2.24) is 9.97 Å². The molecule has 0 aliphatic carbocycles. The Bertz CT molecular complexity index is 644. The minimum Gasteiger partial charge on any atom is -0.496 e. The van der Waals surface area contributed by atoms with E-state index in [1.165, 1.54) is 0 Å². The average Bonchev–Trinajstić information content (AvgIpc) is 2.49. The summed E-state index contributed by atoms with van der Waals surface area (Å²) in [4.78, 5) is 9.30. The third kappa shape index (κ3) is 3.27. The highest BCUT2D eigenvalue weighted by molar-refractivity contribution is 6.30. The molecule has 4 nitrogen and oxygen atoms in total. The summed E-state index contributed by atoms with van der Waals surface area (Å²) in [6, 6.07) is 5.49. The zero-order valence-electron chi connectivity index (χ0n) is 12.8. The Morgan fingerprint density at radius 3 is 2.62 bits per heavy atom. The summed E-state index contributed by atoms with van der Waals surface area (Å²) < 4.78 is 5.40. The van der Waals surface area contributed by atoms with Crippen LogP contribution < -0.4 is 10.1 Å². The number of aromatic nitrogens is 2. The Morgan fingerprint density at radius 2 is 2.00 bits per heavy atom. The van der Waals surface area contributed by atoms with Crippen molar-refractivity contribution >= 4 is 17.4 Å². The van der Waals surface area contributed by atoms with Crippen molar-refractivity contribution in [2.45, 2.75) is 27.2 Å². The van der Waals surface area contributed by atoms with Gasteiger partial charge in [-0.3, -0.25) is 0 Å². The molecule has 0 fully saturated rings. The molecule has 0 saturated carbocycles. The van der Waals surface area contributed by atoms with Crippen molar-refractivity contribution in [3.63, 3.8) is 0 Å². The minimum atomic E-state index is 0.630. The van der Waals surface area contributed by atoms with E-state index in [1.54, 1.807) is 13.2 Å². The lowest BCUT2D eigenvalue weighted by Gasteiger charge is -2.14. The van der Waals surface area contributed by atoms with Gasteiger partial charge in [0.05, 0.1) is 12.7 Å². The van der Waals surface area contributed by atoms with Crippen LogP contribution in [-0.4, -0.2) is 23.6 Å². The van der Waals surface area contributed by atoms with Crippen molar-refractivity contribution < 1.29 is 4.74 Å². The SMILES string of the molecule is CCNc1nc(-c2ccc(Cl)cc2OC)nc(CC)c1C. The minimum absolute atomic E-state index is 0.630. The highest BCUT2D eigenvalue weighted by Crippen LogP contribution is 2.32. The molecule has 1 N–H and O–H groups in total. The summed E-state index contributed by atoms with van der Waals surface area (Å²) in [5, 5.41) is 3.92. The molecule has 0 radical (unpaired) electrons. The predicted octanol–water partition coefficient (Wildman–Crippen LogP) is 4.11. The number of nitrogens with one attached hydrogen (secondary N) is 1. The van der Waals surface area contributed by atoms with Gasteiger partial charge in [0, 0.05) is 22.8 Å². The molecule has 21 heavy (non-hydrogen) atoms. The van der Waals surface area contributed by atoms with Gasteiger partial charge in [-0.2, -0.15) is 0 Å². The number of hydrogen-bond donors (Lipinski definition) is 1. The van der Waals surface area contributed by atoms with Crippen LogP contribution in [0, 0.1) is 6.92 Å². The Balaban J connectivity index is 2.60. The van der Waals surface area contributed by atoms with Crippen molar-refractivity contribution in [3.8, 4) is 17.1 Å². The molecule has 0 amide bonds. The molecule has 1 aromatic carbocycles. The fourth-order valence-electron chi connectivity index (χ4n) is 2.22. The van der Waals surface area contributed by atoms with Gasteiger partial charge < -0.3 is 10.1 Å². The molecule has 0 saturated heterocycles. The van der Waals surface area contributed by atoms with E-state index < -0.39 is 0 Å². The van der Waals surface area contributed by atoms with Gasteiger partial charge in [-0.05, 0) is 38.5 Å². The smallest absolute Gasteiger partial charge is 0.165 e. The molecule has 2 rings (SSSR count). The number of rotatable bonds is 5. The van der Waals surface area contributed by atoms with E-state index in [9.17, 15) is 0 Å². The lowest BCUT2D eigenvalue weighted by atomic mass is 10.1. The molecule has 0 aliphatic heterocycles. The second-order valence-electron chi connectivity index (χ2n) is 4.70. The van der Waals surface area contributed by atoms with Gasteiger partial charge in [0.15, 0.2) is 5.82 Å². The van der Waals surface area contributed by atoms with Crippen LogP contribution in [0.3, 0.4) is 0 Å². The van der Waals surface area contributed by atoms with Gasteiger partial charge in [-0.1, -0.05) is 18.5 Å². The van der Waals surface area contributed by atoms with Crippen LogP contribution in [0.15, 0.2) is 18.2 Å². The molecule has 1 aromatic heterocycles. The van der Waals surface area contributed by atoms with Gasteiger partial charge in [0.2, 0.25) is 0 Å². The summed E-state index contributed by atoms with van der Waals surface area (Å²) in [5.41, 5.74) is 2.97. The molecule has 0 bridgehead atoms. The first-order chi connectivity index (χ1) is 10.1. The fraction of sp³-hybridized carbons (Fsp3) is 0.375. The Kier molecular flexibility index (Phi) is 5.02. The Morgan fingerprint density at radius 1 is 1.24 bits per heavy atom. The van der Waals surface area contributed by atoms with Crippen LogP contribution in [0.5, 0.6) is 5.75 Å². The maximum atomic E-state index is 6.01. The van der Waals surface area contributed by atoms with E-state index in [0.717, 1.165) is 35.6 Å². The Hall–Kier alpha value is -1.81. The average molecular weight is 306 g/mol. The molecular weight excluding hydrogens is 286 g/mol. The lowest BCUT2D eigenvalue weighted by Crippen LogP contribution is -2.07. The standard InChI is InChI=1S/C16H20ClN3O/c1-5-13-10(3)15(18-6-2)20-16(19-13)12-8-7-11(17)9-14(12)21-4/h7-9H,5-6H2,1-4H3,(H,18,19,20). The molecule has 5 heteroatoms. The van der Waals surface area contributed by atoms with Crippen LogP contribution in [-0.2, 0) is 6.42 Å². The summed E-state index contributed by atoms with van der Waals surface area (Å²) in [7, 11) is 1.62. The normalized spacial score (nSPS) is 10.5. The van der Waals surface area contributed by atoms with Crippen molar-refractivity contribution in [2.24, 2.45) is 0 Å². The first-order valence-electron chi connectivity index (χ1n) is 7.06. The van der Waals surface area contributed by atoms with E-state index >= 15 is 0 Å². The zero-order valence-corrected chi connectivity index (χ0v) is 13.6. The summed E-state index contributed by atoms with van der Waals surface area (Å²) in [5.74, 6) is 2.20. The van der Waals surface area contributed by atoms with Gasteiger partial charge in [0.25, 0.3) is 0 Å². The molecule has 0 spiro atoms. The predicted molar refractivity (Wildman–Crippen MR) is 87.3 cm³/mol. The number of benzene rings is 1. The van der Waals surface area contributed by atoms with E-state index in [-0.39, 0.29) is 0 Å². The molecule has 0 aliphatic rings. The van der Waals surface area contributed by atoms with E-state index in [0.29, 0.717) is 16.6 Å². The van der Waals surface area contributed by atoms with Crippen LogP contribution in [0.1, 0.15) is 25.1 Å². The van der Waals surface area contributed by atoms with E-state index in [1.807, 2.05) is 19.1 Å². The number of ether oxygens (including phenoxy) is 1. The van der Waals surface area contributed by atoms with Gasteiger partial charge in [0.1, 0.15) is 11.6 Å². The third-order valence-electron chi connectivity index (χ3n) is 3.33. The maximum absolute atomic E-state index is 6.01. The summed E-state index contributed by atoms with van der Waals surface area (Å²) in [6.07, 6.45) is 0.857. The Labute approximate surface area is 130 Å². The second-order valence-corrected chi connectivity index (χ2v) is 5.13. The fourth-order valence-corrected chi connectivity index (χ4v) is 2.38. The monoisotopic (exact) mass is 305 g/mol. The quantitative estimate of drug-likeness (QED) is 0.903. The van der Waals surface area contributed by atoms with Crippen molar-refractivity contribution in [1.29, 1.82) is 0 Å². The number of halogens is 1. The second kappa shape index (κ2) is 6.76. The highest BCUT2D eigenvalue weighted by atomic mass is 35.5. The molecule has 2 aromatic rings. The van der Waals surface area contributed by atoms with E-state index in [2.05, 4.69) is 29.1 Å². The van der Waals surface area contributed by atoms with Gasteiger partial charge >= 0.3 is 0 Å². The highest BCUT2D eigenvalue weighted by Gasteiger charge is 2.14. The number of hydrogen-bond acceptors (Lipinski definition) is 4. The molecule has 1 heterocycles. The molecular formula is C16H20ClN3O. The van der Waals surface area contributed by atoms with Crippen molar-refractivity contribution in [3.05, 3.63) is 34.5 Å². The number of anilines is 1. The first kappa shape index (κ1) is 15.6. The number of aryl methyl sites for hydroxylation is 1. The number of methoxy groups -OCH3 is 1. The lowest BCUT2D eigenvalue weighted by molar-refractivity contribution is 0.416. The molecule has 112 valence electrons. The summed E-state index contributed by atoms with van der Waals surface area (Å²) in [6.45, 7) is 7.00. The summed E-state index contributed by atoms with van der Waals surface area (Å²) >= 11 is 6.01. The largest absolute Gasteiger partial charge is 0.496 e. The van der Waals surface area contributed by atoms with E-state index in [4.69, 9.17) is 16.3 Å². The zero-order chi connectivity index (χ0) is 15.4. The van der Waals surface area contributed by atoms with Crippen LogP contribution in [0.4, 0.5) is 5.82 Å². The van der Waals surface area contributed by atoms with Gasteiger partial charge in [-0.15, -0.1) is 0 Å². The molecule has 0 atom stereocenters.